The largest absolute Gasteiger partial charge is 0.493 e. The van der Waals surface area contributed by atoms with Gasteiger partial charge in [0.05, 0.1) is 19.9 Å². The number of aryl methyl sites for hydroxylation is 2. The van der Waals surface area contributed by atoms with Crippen molar-refractivity contribution < 1.29 is 14.3 Å². The van der Waals surface area contributed by atoms with E-state index >= 15 is 0 Å². The van der Waals surface area contributed by atoms with Crippen LogP contribution in [0.25, 0.3) is 6.08 Å². The second kappa shape index (κ2) is 7.68. The van der Waals surface area contributed by atoms with Crippen molar-refractivity contribution in [2.45, 2.75) is 20.4 Å². The average molecular weight is 329 g/mol. The molecule has 128 valence electrons. The normalized spacial score (nSPS) is 10.9. The van der Waals surface area contributed by atoms with Crippen LogP contribution in [-0.2, 0) is 18.4 Å². The van der Waals surface area contributed by atoms with Crippen LogP contribution in [0.3, 0.4) is 0 Å². The van der Waals surface area contributed by atoms with E-state index in [1.54, 1.807) is 25.0 Å². The fourth-order valence-corrected chi connectivity index (χ4v) is 2.43. The van der Waals surface area contributed by atoms with Crippen LogP contribution in [0.5, 0.6) is 11.5 Å². The van der Waals surface area contributed by atoms with E-state index in [2.05, 4.69) is 10.4 Å². The number of methoxy groups -OCH3 is 2. The second-order valence-corrected chi connectivity index (χ2v) is 5.45. The van der Waals surface area contributed by atoms with Gasteiger partial charge in [-0.1, -0.05) is 6.07 Å². The summed E-state index contributed by atoms with van der Waals surface area (Å²) in [6.07, 6.45) is 3.32. The number of hydrogen-bond acceptors (Lipinski definition) is 4. The molecule has 1 aromatic carbocycles. The molecule has 1 amide bonds. The van der Waals surface area contributed by atoms with Crippen molar-refractivity contribution in [1.29, 1.82) is 0 Å². The van der Waals surface area contributed by atoms with E-state index in [0.717, 1.165) is 22.5 Å². The maximum absolute atomic E-state index is 12.0. The van der Waals surface area contributed by atoms with Crippen LogP contribution in [0.4, 0.5) is 0 Å². The predicted molar refractivity (Wildman–Crippen MR) is 93.1 cm³/mol. The van der Waals surface area contributed by atoms with E-state index in [-0.39, 0.29) is 5.91 Å². The van der Waals surface area contributed by atoms with Gasteiger partial charge in [-0.2, -0.15) is 5.10 Å². The molecule has 0 unspecified atom stereocenters. The zero-order chi connectivity index (χ0) is 17.7. The van der Waals surface area contributed by atoms with E-state index in [4.69, 9.17) is 9.47 Å². The molecule has 0 aliphatic carbocycles. The van der Waals surface area contributed by atoms with Crippen molar-refractivity contribution in [1.82, 2.24) is 15.1 Å². The summed E-state index contributed by atoms with van der Waals surface area (Å²) in [7, 11) is 5.06. The quantitative estimate of drug-likeness (QED) is 0.827. The molecular formula is C18H23N3O3. The zero-order valence-corrected chi connectivity index (χ0v) is 14.7. The first-order valence-corrected chi connectivity index (χ1v) is 7.63. The SMILES string of the molecule is COc1ccc(CNC(=O)/C=C/c2c(C)nn(C)c2C)cc1OC. The third-order valence-corrected chi connectivity index (χ3v) is 3.88. The summed E-state index contributed by atoms with van der Waals surface area (Å²) < 4.78 is 12.3. The van der Waals surface area contributed by atoms with E-state index in [9.17, 15) is 4.79 Å². The molecule has 24 heavy (non-hydrogen) atoms. The summed E-state index contributed by atoms with van der Waals surface area (Å²) in [5.41, 5.74) is 3.83. The van der Waals surface area contributed by atoms with E-state index < -0.39 is 0 Å². The molecule has 0 saturated carbocycles. The highest BCUT2D eigenvalue weighted by Gasteiger charge is 2.07. The maximum atomic E-state index is 12.0. The molecule has 1 heterocycles. The number of ether oxygens (including phenoxy) is 2. The molecule has 6 heteroatoms. The number of hydrogen-bond donors (Lipinski definition) is 1. The van der Waals surface area contributed by atoms with Gasteiger partial charge in [0, 0.05) is 30.9 Å². The molecule has 0 bridgehead atoms. The second-order valence-electron chi connectivity index (χ2n) is 5.45. The Hall–Kier alpha value is -2.76. The van der Waals surface area contributed by atoms with Gasteiger partial charge in [-0.3, -0.25) is 9.48 Å². The first-order valence-electron chi connectivity index (χ1n) is 7.63. The molecule has 0 saturated heterocycles. The predicted octanol–water partition coefficient (Wildman–Crippen LogP) is 2.38. The molecule has 1 aromatic heterocycles. The van der Waals surface area contributed by atoms with Crippen molar-refractivity contribution in [3.63, 3.8) is 0 Å². The Morgan fingerprint density at radius 3 is 2.54 bits per heavy atom. The Morgan fingerprint density at radius 2 is 1.96 bits per heavy atom. The number of carbonyl (C=O) groups excluding carboxylic acids is 1. The number of benzene rings is 1. The minimum atomic E-state index is -0.160. The number of rotatable bonds is 6. The minimum absolute atomic E-state index is 0.160. The van der Waals surface area contributed by atoms with Crippen molar-refractivity contribution >= 4 is 12.0 Å². The van der Waals surface area contributed by atoms with Crippen LogP contribution in [0, 0.1) is 13.8 Å². The Kier molecular flexibility index (Phi) is 5.63. The summed E-state index contributed by atoms with van der Waals surface area (Å²) >= 11 is 0. The van der Waals surface area contributed by atoms with E-state index in [1.165, 1.54) is 6.08 Å². The molecule has 0 spiro atoms. The zero-order valence-electron chi connectivity index (χ0n) is 14.7. The summed E-state index contributed by atoms with van der Waals surface area (Å²) in [4.78, 5) is 12.0. The van der Waals surface area contributed by atoms with Gasteiger partial charge >= 0.3 is 0 Å². The molecule has 6 nitrogen and oxygen atoms in total. The van der Waals surface area contributed by atoms with Gasteiger partial charge < -0.3 is 14.8 Å². The third-order valence-electron chi connectivity index (χ3n) is 3.88. The molecule has 1 N–H and O–H groups in total. The molecule has 2 rings (SSSR count). The highest BCUT2D eigenvalue weighted by Crippen LogP contribution is 2.27. The lowest BCUT2D eigenvalue weighted by Gasteiger charge is -2.09. The molecular weight excluding hydrogens is 306 g/mol. The van der Waals surface area contributed by atoms with Gasteiger partial charge in [-0.05, 0) is 37.6 Å². The first-order chi connectivity index (χ1) is 11.5. The van der Waals surface area contributed by atoms with Crippen LogP contribution in [-0.4, -0.2) is 29.9 Å². The summed E-state index contributed by atoms with van der Waals surface area (Å²) in [5, 5.41) is 7.18. The van der Waals surface area contributed by atoms with E-state index in [1.807, 2.05) is 39.1 Å². The van der Waals surface area contributed by atoms with Crippen molar-refractivity contribution in [3.05, 3.63) is 46.8 Å². The Balaban J connectivity index is 1.99. The Labute approximate surface area is 142 Å². The third kappa shape index (κ3) is 3.95. The fraction of sp³-hybridized carbons (Fsp3) is 0.333. The maximum Gasteiger partial charge on any atom is 0.244 e. The lowest BCUT2D eigenvalue weighted by molar-refractivity contribution is -0.116. The fourth-order valence-electron chi connectivity index (χ4n) is 2.43. The Morgan fingerprint density at radius 1 is 1.25 bits per heavy atom. The first kappa shape index (κ1) is 17.6. The van der Waals surface area contributed by atoms with Crippen molar-refractivity contribution in [2.75, 3.05) is 14.2 Å². The molecule has 0 aliphatic rings. The van der Waals surface area contributed by atoms with Gasteiger partial charge in [-0.15, -0.1) is 0 Å². The molecule has 0 radical (unpaired) electrons. The minimum Gasteiger partial charge on any atom is -0.493 e. The smallest absolute Gasteiger partial charge is 0.244 e. The highest BCUT2D eigenvalue weighted by molar-refractivity contribution is 5.91. The van der Waals surface area contributed by atoms with Gasteiger partial charge in [0.15, 0.2) is 11.5 Å². The topological polar surface area (TPSA) is 65.4 Å². The summed E-state index contributed by atoms with van der Waals surface area (Å²) in [6, 6.07) is 5.55. The van der Waals surface area contributed by atoms with Crippen LogP contribution >= 0.6 is 0 Å². The number of nitrogens with zero attached hydrogens (tertiary/aromatic N) is 2. The van der Waals surface area contributed by atoms with Crippen LogP contribution in [0.1, 0.15) is 22.5 Å². The number of nitrogens with one attached hydrogen (secondary N) is 1. The monoisotopic (exact) mass is 329 g/mol. The standard InChI is InChI=1S/C18H23N3O3/c1-12-15(13(2)21(3)20-12)7-9-18(22)19-11-14-6-8-16(23-4)17(10-14)24-5/h6-10H,11H2,1-5H3,(H,19,22)/b9-7+. The van der Waals surface area contributed by atoms with Crippen molar-refractivity contribution in [2.24, 2.45) is 7.05 Å². The lowest BCUT2D eigenvalue weighted by Crippen LogP contribution is -2.20. The summed E-state index contributed by atoms with van der Waals surface area (Å²) in [5.74, 6) is 1.14. The van der Waals surface area contributed by atoms with E-state index in [0.29, 0.717) is 18.0 Å². The lowest BCUT2D eigenvalue weighted by atomic mass is 10.2. The molecule has 0 aliphatic heterocycles. The van der Waals surface area contributed by atoms with Crippen LogP contribution < -0.4 is 14.8 Å². The van der Waals surface area contributed by atoms with Crippen molar-refractivity contribution in [3.8, 4) is 11.5 Å². The Bertz CT molecular complexity index is 763. The van der Waals surface area contributed by atoms with Crippen LogP contribution in [0.15, 0.2) is 24.3 Å². The highest BCUT2D eigenvalue weighted by atomic mass is 16.5. The number of amides is 1. The number of carbonyl (C=O) groups is 1. The van der Waals surface area contributed by atoms with Gasteiger partial charge in [0.25, 0.3) is 0 Å². The van der Waals surface area contributed by atoms with Gasteiger partial charge in [0.1, 0.15) is 0 Å². The van der Waals surface area contributed by atoms with Crippen LogP contribution in [0.2, 0.25) is 0 Å². The molecule has 2 aromatic rings. The van der Waals surface area contributed by atoms with Gasteiger partial charge in [0.2, 0.25) is 5.91 Å². The van der Waals surface area contributed by atoms with Gasteiger partial charge in [-0.25, -0.2) is 0 Å². The number of aromatic nitrogens is 2. The summed E-state index contributed by atoms with van der Waals surface area (Å²) in [6.45, 7) is 4.31. The molecule has 0 fully saturated rings. The average Bonchev–Trinajstić information content (AvgIpc) is 2.83. The molecule has 0 atom stereocenters.